The van der Waals surface area contributed by atoms with Crippen LogP contribution in [0.5, 0.6) is 5.75 Å². The molecular weight excluding hydrogens is 382 g/mol. The van der Waals surface area contributed by atoms with E-state index in [0.29, 0.717) is 13.2 Å². The number of hydrogen-bond donors (Lipinski definition) is 1. The van der Waals surface area contributed by atoms with Crippen LogP contribution in [0, 0.1) is 0 Å². The number of amides is 1. The van der Waals surface area contributed by atoms with Gasteiger partial charge in [0.15, 0.2) is 5.76 Å². The Balaban J connectivity index is 1.29. The summed E-state index contributed by atoms with van der Waals surface area (Å²) in [6.45, 7) is 2.85. The summed E-state index contributed by atoms with van der Waals surface area (Å²) in [5.41, 5.74) is 7.99. The van der Waals surface area contributed by atoms with Crippen molar-refractivity contribution in [1.82, 2.24) is 10.1 Å². The molecule has 0 saturated carbocycles. The molecule has 156 valence electrons. The highest BCUT2D eigenvalue weighted by Crippen LogP contribution is 2.24. The fraction of sp³-hybridized carbons (Fsp3) is 0.304. The summed E-state index contributed by atoms with van der Waals surface area (Å²) < 4.78 is 16.4. The number of ether oxygens (including phenoxy) is 2. The maximum Gasteiger partial charge on any atom is 0.404 e. The third kappa shape index (κ3) is 5.39. The third-order valence-corrected chi connectivity index (χ3v) is 5.15. The van der Waals surface area contributed by atoms with Crippen molar-refractivity contribution in [3.63, 3.8) is 0 Å². The summed E-state index contributed by atoms with van der Waals surface area (Å²) in [7, 11) is 0. The second-order valence-corrected chi connectivity index (χ2v) is 7.39. The molecule has 0 aliphatic carbocycles. The number of aromatic nitrogens is 1. The molecule has 1 aliphatic heterocycles. The number of nitrogens with zero attached hydrogens (tertiary/aromatic N) is 2. The Hall–Kier alpha value is -3.32. The number of nitrogens with two attached hydrogens (primary N) is 1. The second kappa shape index (κ2) is 9.45. The van der Waals surface area contributed by atoms with Gasteiger partial charge >= 0.3 is 6.09 Å². The van der Waals surface area contributed by atoms with Gasteiger partial charge in [-0.3, -0.25) is 4.90 Å². The molecule has 0 spiro atoms. The predicted octanol–water partition coefficient (Wildman–Crippen LogP) is 3.98. The van der Waals surface area contributed by atoms with Crippen molar-refractivity contribution in [2.24, 2.45) is 5.73 Å². The number of carbonyl (C=O) groups excluding carboxylic acids is 1. The van der Waals surface area contributed by atoms with Crippen molar-refractivity contribution < 1.29 is 18.8 Å². The minimum absolute atomic E-state index is 0.0911. The van der Waals surface area contributed by atoms with E-state index >= 15 is 0 Å². The van der Waals surface area contributed by atoms with Crippen LogP contribution in [0.25, 0.3) is 11.3 Å². The lowest BCUT2D eigenvalue weighted by Gasteiger charge is -2.30. The molecule has 30 heavy (non-hydrogen) atoms. The van der Waals surface area contributed by atoms with Crippen LogP contribution in [0.3, 0.4) is 0 Å². The van der Waals surface area contributed by atoms with E-state index in [2.05, 4.69) is 10.1 Å². The molecule has 2 heterocycles. The third-order valence-electron chi connectivity index (χ3n) is 5.15. The molecule has 2 N–H and O–H groups in total. The van der Waals surface area contributed by atoms with Gasteiger partial charge < -0.3 is 19.7 Å². The number of rotatable bonds is 7. The number of primary amides is 1. The first-order chi connectivity index (χ1) is 14.7. The smallest absolute Gasteiger partial charge is 0.404 e. The normalized spacial score (nSPS) is 15.1. The highest BCUT2D eigenvalue weighted by Gasteiger charge is 2.22. The van der Waals surface area contributed by atoms with Crippen molar-refractivity contribution >= 4 is 6.09 Å². The van der Waals surface area contributed by atoms with Crippen LogP contribution in [0.2, 0.25) is 0 Å². The van der Waals surface area contributed by atoms with Gasteiger partial charge in [-0.15, -0.1) is 0 Å². The zero-order valence-corrected chi connectivity index (χ0v) is 16.7. The van der Waals surface area contributed by atoms with Crippen molar-refractivity contribution in [1.29, 1.82) is 0 Å². The van der Waals surface area contributed by atoms with Crippen LogP contribution >= 0.6 is 0 Å². The number of benzene rings is 2. The number of likely N-dealkylation sites (tertiary alicyclic amines) is 1. The molecule has 1 saturated heterocycles. The monoisotopic (exact) mass is 407 g/mol. The van der Waals surface area contributed by atoms with Crippen molar-refractivity contribution in [3.05, 3.63) is 72.0 Å². The molecule has 1 fully saturated rings. The molecule has 0 bridgehead atoms. The lowest BCUT2D eigenvalue weighted by atomic mass is 10.1. The molecule has 1 aromatic heterocycles. The van der Waals surface area contributed by atoms with Crippen LogP contribution in [-0.4, -0.2) is 35.3 Å². The van der Waals surface area contributed by atoms with Crippen LogP contribution in [0.4, 0.5) is 4.79 Å². The summed E-state index contributed by atoms with van der Waals surface area (Å²) in [4.78, 5) is 13.1. The minimum atomic E-state index is -0.704. The van der Waals surface area contributed by atoms with E-state index in [-0.39, 0.29) is 6.10 Å². The summed E-state index contributed by atoms with van der Waals surface area (Å²) in [6, 6.07) is 19.9. The molecule has 2 aromatic carbocycles. The predicted molar refractivity (Wildman–Crippen MR) is 112 cm³/mol. The maximum atomic E-state index is 10.9. The van der Waals surface area contributed by atoms with E-state index in [1.54, 1.807) is 0 Å². The van der Waals surface area contributed by atoms with E-state index in [0.717, 1.165) is 54.3 Å². The Morgan fingerprint density at radius 1 is 1.10 bits per heavy atom. The first kappa shape index (κ1) is 20.0. The molecule has 7 heteroatoms. The second-order valence-electron chi connectivity index (χ2n) is 7.39. The zero-order valence-electron chi connectivity index (χ0n) is 16.7. The van der Waals surface area contributed by atoms with Crippen LogP contribution in [0.1, 0.15) is 24.2 Å². The van der Waals surface area contributed by atoms with E-state index < -0.39 is 6.09 Å². The molecule has 1 amide bonds. The lowest BCUT2D eigenvalue weighted by molar-refractivity contribution is 0.0515. The number of hydrogen-bond acceptors (Lipinski definition) is 6. The highest BCUT2D eigenvalue weighted by atomic mass is 16.6. The molecule has 3 aromatic rings. The Morgan fingerprint density at radius 3 is 2.53 bits per heavy atom. The Bertz CT molecular complexity index is 948. The first-order valence-corrected chi connectivity index (χ1v) is 10.1. The first-order valence-electron chi connectivity index (χ1n) is 10.1. The van der Waals surface area contributed by atoms with E-state index in [9.17, 15) is 4.79 Å². The summed E-state index contributed by atoms with van der Waals surface area (Å²) in [5, 5.41) is 4.20. The molecule has 0 atom stereocenters. The quantitative estimate of drug-likeness (QED) is 0.637. The van der Waals surface area contributed by atoms with Gasteiger partial charge in [0.05, 0.1) is 6.54 Å². The topological polar surface area (TPSA) is 90.8 Å². The average molecular weight is 407 g/mol. The summed E-state index contributed by atoms with van der Waals surface area (Å²) in [5.74, 6) is 1.62. The van der Waals surface area contributed by atoms with Crippen molar-refractivity contribution in [2.75, 3.05) is 13.1 Å². The van der Waals surface area contributed by atoms with E-state index in [4.69, 9.17) is 19.7 Å². The van der Waals surface area contributed by atoms with Crippen molar-refractivity contribution in [3.8, 4) is 17.0 Å². The summed E-state index contributed by atoms with van der Waals surface area (Å²) >= 11 is 0. The van der Waals surface area contributed by atoms with Gasteiger partial charge in [0.2, 0.25) is 0 Å². The van der Waals surface area contributed by atoms with Gasteiger partial charge in [-0.05, 0) is 42.7 Å². The average Bonchev–Trinajstić information content (AvgIpc) is 3.23. The van der Waals surface area contributed by atoms with E-state index in [1.807, 2.05) is 60.7 Å². The summed E-state index contributed by atoms with van der Waals surface area (Å²) in [6.07, 6.45) is 0.749. The number of piperidine rings is 1. The maximum absolute atomic E-state index is 10.9. The zero-order chi connectivity index (χ0) is 20.8. The molecule has 7 nitrogen and oxygen atoms in total. The molecule has 0 radical (unpaired) electrons. The Kier molecular flexibility index (Phi) is 6.29. The van der Waals surface area contributed by atoms with Crippen LogP contribution in [-0.2, 0) is 17.9 Å². The van der Waals surface area contributed by atoms with Crippen LogP contribution < -0.4 is 10.5 Å². The molecule has 1 aliphatic rings. The highest BCUT2D eigenvalue weighted by molar-refractivity contribution is 5.64. The number of carbonyl (C=O) groups is 1. The van der Waals surface area contributed by atoms with Gasteiger partial charge in [-0.2, -0.15) is 0 Å². The fourth-order valence-electron chi connectivity index (χ4n) is 3.56. The van der Waals surface area contributed by atoms with E-state index in [1.165, 1.54) is 0 Å². The van der Waals surface area contributed by atoms with Gasteiger partial charge in [0.25, 0.3) is 0 Å². The van der Waals surface area contributed by atoms with Gasteiger partial charge in [-0.25, -0.2) is 4.79 Å². The molecule has 0 unspecified atom stereocenters. The molecule has 4 rings (SSSR count). The Labute approximate surface area is 175 Å². The Morgan fingerprint density at radius 2 is 1.83 bits per heavy atom. The minimum Gasteiger partial charge on any atom is -0.489 e. The van der Waals surface area contributed by atoms with Gasteiger partial charge in [-0.1, -0.05) is 35.5 Å². The van der Waals surface area contributed by atoms with Crippen molar-refractivity contribution in [2.45, 2.75) is 32.1 Å². The standard InChI is InChI=1S/C23H25N3O4/c24-23(27)29-20-10-12-26(13-11-20)15-21-14-22(25-30-21)18-6-8-19(9-7-18)28-16-17-4-2-1-3-5-17/h1-9,14,20H,10-13,15-16H2,(H2,24,27). The molecular formula is C23H25N3O4. The SMILES string of the molecule is NC(=O)OC1CCN(Cc2cc(-c3ccc(OCc4ccccc4)cc3)no2)CC1. The fourth-order valence-corrected chi connectivity index (χ4v) is 3.56. The largest absolute Gasteiger partial charge is 0.489 e. The van der Waals surface area contributed by atoms with Gasteiger partial charge in [0.1, 0.15) is 24.2 Å². The lowest BCUT2D eigenvalue weighted by Crippen LogP contribution is -2.38. The van der Waals surface area contributed by atoms with Crippen LogP contribution in [0.15, 0.2) is 65.2 Å². The van der Waals surface area contributed by atoms with Gasteiger partial charge in [0, 0.05) is 24.7 Å².